The van der Waals surface area contributed by atoms with E-state index in [1.165, 1.54) is 10.6 Å². The molecule has 0 spiro atoms. The first kappa shape index (κ1) is 20.8. The lowest BCUT2D eigenvalue weighted by Crippen LogP contribution is -2.33. The van der Waals surface area contributed by atoms with Gasteiger partial charge in [-0.1, -0.05) is 0 Å². The van der Waals surface area contributed by atoms with Crippen LogP contribution in [0.5, 0.6) is 0 Å². The minimum atomic E-state index is -2.78. The number of nitrogens with zero attached hydrogens (tertiary/aromatic N) is 4. The van der Waals surface area contributed by atoms with E-state index in [1.807, 2.05) is 0 Å². The van der Waals surface area contributed by atoms with Gasteiger partial charge in [-0.05, 0) is 62.1 Å². The molecule has 0 fully saturated rings. The Morgan fingerprint density at radius 1 is 1.28 bits per heavy atom. The molecule has 0 amide bonds. The number of pyridine rings is 2. The number of carbonyl (C=O) groups is 1. The minimum Gasteiger partial charge on any atom is -0.481 e. The number of aryl methyl sites for hydroxylation is 2. The largest absolute Gasteiger partial charge is 0.481 e. The highest BCUT2D eigenvalue weighted by Gasteiger charge is 2.41. The Balaban J connectivity index is 2.28. The van der Waals surface area contributed by atoms with Crippen LogP contribution in [-0.4, -0.2) is 35.8 Å². The Morgan fingerprint density at radius 2 is 1.97 bits per heavy atom. The van der Waals surface area contributed by atoms with Crippen LogP contribution in [0.25, 0.3) is 5.65 Å². The van der Waals surface area contributed by atoms with Crippen LogP contribution in [0.2, 0.25) is 0 Å². The summed E-state index contributed by atoms with van der Waals surface area (Å²) >= 11 is 0. The van der Waals surface area contributed by atoms with E-state index >= 15 is 0 Å². The highest BCUT2D eigenvalue weighted by atomic mass is 19.3. The number of aliphatic carboxylic acids is 1. The van der Waals surface area contributed by atoms with E-state index < -0.39 is 29.6 Å². The number of rotatable bonds is 6. The summed E-state index contributed by atoms with van der Waals surface area (Å²) in [5.41, 5.74) is 1.99. The lowest BCUT2D eigenvalue weighted by atomic mass is 9.72. The van der Waals surface area contributed by atoms with Crippen molar-refractivity contribution in [2.45, 2.75) is 46.6 Å². The van der Waals surface area contributed by atoms with E-state index in [4.69, 9.17) is 0 Å². The summed E-state index contributed by atoms with van der Waals surface area (Å²) in [5, 5.41) is 26.9. The van der Waals surface area contributed by atoms with Crippen molar-refractivity contribution in [2.24, 2.45) is 5.41 Å². The Labute approximate surface area is 166 Å². The molecule has 0 saturated carbocycles. The Kier molecular flexibility index (Phi) is 5.36. The average molecular weight is 404 g/mol. The van der Waals surface area contributed by atoms with Gasteiger partial charge in [0, 0.05) is 24.0 Å². The van der Waals surface area contributed by atoms with E-state index in [1.54, 1.807) is 46.0 Å². The van der Waals surface area contributed by atoms with Crippen molar-refractivity contribution in [3.8, 4) is 0 Å². The third-order valence-electron chi connectivity index (χ3n) is 5.37. The summed E-state index contributed by atoms with van der Waals surface area (Å²) in [5.74, 6) is -2.22. The van der Waals surface area contributed by atoms with Gasteiger partial charge < -0.3 is 10.2 Å². The summed E-state index contributed by atoms with van der Waals surface area (Å²) in [7, 11) is 0. The van der Waals surface area contributed by atoms with E-state index in [2.05, 4.69) is 15.2 Å². The Hall–Kier alpha value is -2.94. The summed E-state index contributed by atoms with van der Waals surface area (Å²) < 4.78 is 27.5. The molecule has 29 heavy (non-hydrogen) atoms. The standard InChI is InChI=1S/C20H22F2N4O3/c1-10-8-23-14(7-12(10)9-27)15(20(3,4)19(28)29)13-5-6-26-17(11(13)2)24-25-18(26)16(21)22/h5-8,15-16,27H,9H2,1-4H3,(H,28,29). The third kappa shape index (κ3) is 3.46. The number of halogens is 2. The minimum absolute atomic E-state index is 0.207. The van der Waals surface area contributed by atoms with Gasteiger partial charge in [-0.15, -0.1) is 10.2 Å². The van der Waals surface area contributed by atoms with Crippen LogP contribution in [0.1, 0.15) is 60.0 Å². The highest BCUT2D eigenvalue weighted by Crippen LogP contribution is 2.42. The lowest BCUT2D eigenvalue weighted by molar-refractivity contribution is -0.147. The number of hydrogen-bond acceptors (Lipinski definition) is 5. The molecule has 0 saturated heterocycles. The van der Waals surface area contributed by atoms with Gasteiger partial charge in [0.1, 0.15) is 0 Å². The van der Waals surface area contributed by atoms with Gasteiger partial charge in [0.15, 0.2) is 5.65 Å². The first-order valence-corrected chi connectivity index (χ1v) is 9.01. The predicted molar refractivity (Wildman–Crippen MR) is 101 cm³/mol. The van der Waals surface area contributed by atoms with E-state index in [0.717, 1.165) is 5.56 Å². The van der Waals surface area contributed by atoms with Crippen molar-refractivity contribution < 1.29 is 23.8 Å². The van der Waals surface area contributed by atoms with Crippen molar-refractivity contribution in [1.82, 2.24) is 19.6 Å². The molecule has 2 N–H and O–H groups in total. The fourth-order valence-electron chi connectivity index (χ4n) is 3.53. The second-order valence-electron chi connectivity index (χ2n) is 7.60. The third-order valence-corrected chi connectivity index (χ3v) is 5.37. The zero-order valence-electron chi connectivity index (χ0n) is 16.5. The molecule has 0 bridgehead atoms. The van der Waals surface area contributed by atoms with Gasteiger partial charge in [0.25, 0.3) is 6.43 Å². The maximum atomic E-state index is 13.2. The second kappa shape index (κ2) is 7.47. The first-order valence-electron chi connectivity index (χ1n) is 9.01. The normalized spacial score (nSPS) is 13.2. The number of fused-ring (bicyclic) bond motifs is 1. The average Bonchev–Trinajstić information content (AvgIpc) is 3.10. The monoisotopic (exact) mass is 404 g/mol. The van der Waals surface area contributed by atoms with E-state index in [-0.39, 0.29) is 12.3 Å². The molecule has 0 aliphatic heterocycles. The molecular weight excluding hydrogens is 382 g/mol. The topological polar surface area (TPSA) is 101 Å². The van der Waals surface area contributed by atoms with Crippen LogP contribution in [-0.2, 0) is 11.4 Å². The molecule has 0 aromatic carbocycles. The maximum absolute atomic E-state index is 13.2. The summed E-state index contributed by atoms with van der Waals surface area (Å²) in [6.07, 6.45) is 0.226. The fraction of sp³-hybridized carbons (Fsp3) is 0.400. The van der Waals surface area contributed by atoms with Crippen molar-refractivity contribution in [1.29, 1.82) is 0 Å². The van der Waals surface area contributed by atoms with Gasteiger partial charge in [0.2, 0.25) is 5.82 Å². The van der Waals surface area contributed by atoms with Gasteiger partial charge in [0.05, 0.1) is 12.0 Å². The van der Waals surface area contributed by atoms with Crippen LogP contribution in [0, 0.1) is 19.3 Å². The molecule has 1 unspecified atom stereocenters. The van der Waals surface area contributed by atoms with Gasteiger partial charge in [-0.3, -0.25) is 14.2 Å². The zero-order valence-corrected chi connectivity index (χ0v) is 16.5. The zero-order chi connectivity index (χ0) is 21.5. The molecule has 3 aromatic rings. The van der Waals surface area contributed by atoms with Crippen molar-refractivity contribution in [2.75, 3.05) is 0 Å². The number of carboxylic acid groups (broad SMARTS) is 1. The SMILES string of the molecule is Cc1cnc(C(c2ccn3c(C(F)F)nnc3c2C)C(C)(C)C(=O)O)cc1CO. The molecule has 0 aliphatic rings. The highest BCUT2D eigenvalue weighted by molar-refractivity contribution is 5.76. The van der Waals surface area contributed by atoms with Crippen LogP contribution < -0.4 is 0 Å². The number of aromatic nitrogens is 4. The number of alkyl halides is 2. The number of carboxylic acids is 1. The van der Waals surface area contributed by atoms with Crippen LogP contribution >= 0.6 is 0 Å². The van der Waals surface area contributed by atoms with Crippen molar-refractivity contribution in [3.63, 3.8) is 0 Å². The molecule has 7 nitrogen and oxygen atoms in total. The lowest BCUT2D eigenvalue weighted by Gasteiger charge is -2.32. The molecule has 3 heterocycles. The summed E-state index contributed by atoms with van der Waals surface area (Å²) in [6.45, 7) is 6.46. The molecule has 3 rings (SSSR count). The van der Waals surface area contributed by atoms with Gasteiger partial charge >= 0.3 is 5.97 Å². The summed E-state index contributed by atoms with van der Waals surface area (Å²) in [4.78, 5) is 16.5. The maximum Gasteiger partial charge on any atom is 0.310 e. The van der Waals surface area contributed by atoms with Crippen LogP contribution in [0.15, 0.2) is 24.5 Å². The molecule has 0 aliphatic carbocycles. The van der Waals surface area contributed by atoms with Gasteiger partial charge in [-0.25, -0.2) is 8.78 Å². The molecular formula is C20H22F2N4O3. The molecule has 9 heteroatoms. The fourth-order valence-corrected chi connectivity index (χ4v) is 3.53. The Morgan fingerprint density at radius 3 is 2.55 bits per heavy atom. The second-order valence-corrected chi connectivity index (χ2v) is 7.60. The quantitative estimate of drug-likeness (QED) is 0.653. The van der Waals surface area contributed by atoms with Crippen molar-refractivity contribution in [3.05, 3.63) is 58.3 Å². The van der Waals surface area contributed by atoms with Gasteiger partial charge in [-0.2, -0.15) is 0 Å². The molecule has 1 atom stereocenters. The number of hydrogen-bond donors (Lipinski definition) is 2. The summed E-state index contributed by atoms with van der Waals surface area (Å²) in [6, 6.07) is 3.29. The van der Waals surface area contributed by atoms with Crippen LogP contribution in [0.3, 0.4) is 0 Å². The molecule has 0 radical (unpaired) electrons. The number of aliphatic hydroxyl groups excluding tert-OH is 1. The molecule has 154 valence electrons. The number of aliphatic hydroxyl groups is 1. The van der Waals surface area contributed by atoms with E-state index in [0.29, 0.717) is 22.4 Å². The molecule has 3 aromatic heterocycles. The van der Waals surface area contributed by atoms with Crippen LogP contribution in [0.4, 0.5) is 8.78 Å². The predicted octanol–water partition coefficient (Wildman–Crippen LogP) is 3.41. The van der Waals surface area contributed by atoms with Crippen molar-refractivity contribution >= 4 is 11.6 Å². The Bertz CT molecular complexity index is 1080. The first-order chi connectivity index (χ1) is 13.6. The van der Waals surface area contributed by atoms with E-state index in [9.17, 15) is 23.8 Å². The smallest absolute Gasteiger partial charge is 0.310 e.